The second kappa shape index (κ2) is 9.01. The molecular weight excluding hydrogens is 306 g/mol. The number of nitrogens with one attached hydrogen (secondary N) is 1. The number of rotatable bonds is 7. The van der Waals surface area contributed by atoms with E-state index in [1.807, 2.05) is 38.1 Å². The number of ether oxygens (including phenoxy) is 1. The van der Waals surface area contributed by atoms with Gasteiger partial charge in [-0.25, -0.2) is 0 Å². The summed E-state index contributed by atoms with van der Waals surface area (Å²) in [7, 11) is 1.64. The first-order valence-corrected chi connectivity index (χ1v) is 8.54. The number of hydrogen-bond acceptors (Lipinski definition) is 5. The molecule has 2 atom stereocenters. The number of β-amino-alcohol motifs (C(OH)–C–C–N with tert-alkyl or cyclic N) is 1. The fourth-order valence-electron chi connectivity index (χ4n) is 2.95. The van der Waals surface area contributed by atoms with Crippen molar-refractivity contribution in [3.8, 4) is 5.75 Å². The van der Waals surface area contributed by atoms with Crippen molar-refractivity contribution in [2.24, 2.45) is 0 Å². The van der Waals surface area contributed by atoms with Gasteiger partial charge in [-0.3, -0.25) is 14.6 Å². The van der Waals surface area contributed by atoms with Crippen molar-refractivity contribution in [1.29, 1.82) is 0 Å². The molecule has 2 N–H and O–H groups in total. The van der Waals surface area contributed by atoms with E-state index in [9.17, 15) is 9.90 Å². The van der Waals surface area contributed by atoms with Crippen LogP contribution in [0.2, 0.25) is 0 Å². The van der Waals surface area contributed by atoms with E-state index < -0.39 is 0 Å². The van der Waals surface area contributed by atoms with Gasteiger partial charge < -0.3 is 15.2 Å². The molecule has 1 aromatic carbocycles. The minimum atomic E-state index is -0.304. The Labute approximate surface area is 144 Å². The van der Waals surface area contributed by atoms with E-state index in [-0.39, 0.29) is 18.1 Å². The molecule has 0 saturated carbocycles. The highest BCUT2D eigenvalue weighted by molar-refractivity contribution is 5.81. The maximum absolute atomic E-state index is 12.4. The number of benzene rings is 1. The number of aliphatic hydroxyl groups excluding tert-OH is 1. The summed E-state index contributed by atoms with van der Waals surface area (Å²) in [6, 6.07) is 7.56. The molecule has 1 aliphatic heterocycles. The van der Waals surface area contributed by atoms with Gasteiger partial charge in [0.15, 0.2) is 0 Å². The molecular formula is C18H29N3O3. The number of aliphatic hydroxyl groups is 1. The minimum Gasteiger partial charge on any atom is -0.497 e. The average Bonchev–Trinajstić information content (AvgIpc) is 2.59. The van der Waals surface area contributed by atoms with Gasteiger partial charge in [-0.1, -0.05) is 12.1 Å². The molecule has 1 aromatic rings. The van der Waals surface area contributed by atoms with Crippen LogP contribution in [0.5, 0.6) is 5.75 Å². The molecule has 0 aliphatic carbocycles. The molecule has 1 heterocycles. The van der Waals surface area contributed by atoms with Crippen LogP contribution in [0.15, 0.2) is 24.3 Å². The number of amides is 1. The van der Waals surface area contributed by atoms with Crippen LogP contribution in [0.1, 0.15) is 19.4 Å². The lowest BCUT2D eigenvalue weighted by Crippen LogP contribution is -2.54. The van der Waals surface area contributed by atoms with Crippen LogP contribution in [0, 0.1) is 0 Å². The SMILES string of the molecule is COc1ccc(CNC(=O)C(C)N2CCN(CC(C)O)CC2)cc1. The number of carbonyl (C=O) groups excluding carboxylic acids is 1. The molecule has 6 nitrogen and oxygen atoms in total. The predicted molar refractivity (Wildman–Crippen MR) is 94.0 cm³/mol. The Hall–Kier alpha value is -1.63. The van der Waals surface area contributed by atoms with Gasteiger partial charge in [-0.2, -0.15) is 0 Å². The van der Waals surface area contributed by atoms with E-state index in [2.05, 4.69) is 15.1 Å². The van der Waals surface area contributed by atoms with E-state index in [1.165, 1.54) is 0 Å². The Balaban J connectivity index is 1.75. The number of hydrogen-bond donors (Lipinski definition) is 2. The van der Waals surface area contributed by atoms with Crippen LogP contribution in [0.25, 0.3) is 0 Å². The molecule has 0 bridgehead atoms. The molecule has 1 fully saturated rings. The maximum atomic E-state index is 12.4. The normalized spacial score (nSPS) is 18.8. The Bertz CT molecular complexity index is 511. The van der Waals surface area contributed by atoms with E-state index in [4.69, 9.17) is 4.74 Å². The third kappa shape index (κ3) is 5.47. The molecule has 1 amide bonds. The first-order valence-electron chi connectivity index (χ1n) is 8.54. The quantitative estimate of drug-likeness (QED) is 0.768. The van der Waals surface area contributed by atoms with Crippen molar-refractivity contribution in [2.75, 3.05) is 39.8 Å². The van der Waals surface area contributed by atoms with Gasteiger partial charge in [-0.05, 0) is 31.5 Å². The van der Waals surface area contributed by atoms with Crippen molar-refractivity contribution in [1.82, 2.24) is 15.1 Å². The van der Waals surface area contributed by atoms with Crippen molar-refractivity contribution in [2.45, 2.75) is 32.5 Å². The lowest BCUT2D eigenvalue weighted by molar-refractivity contribution is -0.126. The first kappa shape index (κ1) is 18.7. The minimum absolute atomic E-state index is 0.0507. The number of methoxy groups -OCH3 is 1. The van der Waals surface area contributed by atoms with Gasteiger partial charge in [0.1, 0.15) is 5.75 Å². The van der Waals surface area contributed by atoms with Gasteiger partial charge in [0.2, 0.25) is 5.91 Å². The van der Waals surface area contributed by atoms with Crippen LogP contribution < -0.4 is 10.1 Å². The molecule has 134 valence electrons. The highest BCUT2D eigenvalue weighted by atomic mass is 16.5. The van der Waals surface area contributed by atoms with Crippen molar-refractivity contribution < 1.29 is 14.6 Å². The summed E-state index contributed by atoms with van der Waals surface area (Å²) in [5.41, 5.74) is 1.05. The summed E-state index contributed by atoms with van der Waals surface area (Å²) in [5, 5.41) is 12.5. The van der Waals surface area contributed by atoms with Gasteiger partial charge in [0, 0.05) is 39.3 Å². The molecule has 2 unspecified atom stereocenters. The Kier molecular flexibility index (Phi) is 7.02. The lowest BCUT2D eigenvalue weighted by Gasteiger charge is -2.37. The van der Waals surface area contributed by atoms with Gasteiger partial charge in [0.05, 0.1) is 19.3 Å². The molecule has 6 heteroatoms. The van der Waals surface area contributed by atoms with Crippen LogP contribution in [0.4, 0.5) is 0 Å². The molecule has 2 rings (SSSR count). The molecule has 1 aliphatic rings. The highest BCUT2D eigenvalue weighted by Gasteiger charge is 2.25. The standard InChI is InChI=1S/C18H29N3O3/c1-14(22)13-20-8-10-21(11-9-20)15(2)18(23)19-12-16-4-6-17(24-3)7-5-16/h4-7,14-15,22H,8-13H2,1-3H3,(H,19,23). The van der Waals surface area contributed by atoms with Crippen molar-refractivity contribution >= 4 is 5.91 Å². The van der Waals surface area contributed by atoms with Crippen molar-refractivity contribution in [3.63, 3.8) is 0 Å². The van der Waals surface area contributed by atoms with Crippen molar-refractivity contribution in [3.05, 3.63) is 29.8 Å². The number of nitrogens with zero attached hydrogens (tertiary/aromatic N) is 2. The molecule has 0 radical (unpaired) electrons. The molecule has 1 saturated heterocycles. The smallest absolute Gasteiger partial charge is 0.237 e. The molecule has 0 aromatic heterocycles. The zero-order valence-corrected chi connectivity index (χ0v) is 14.9. The number of piperazine rings is 1. The van der Waals surface area contributed by atoms with E-state index >= 15 is 0 Å². The number of carbonyl (C=O) groups is 1. The third-order valence-electron chi connectivity index (χ3n) is 4.48. The topological polar surface area (TPSA) is 65.0 Å². The molecule has 24 heavy (non-hydrogen) atoms. The van der Waals surface area contributed by atoms with Gasteiger partial charge >= 0.3 is 0 Å². The summed E-state index contributed by atoms with van der Waals surface area (Å²) in [6.07, 6.45) is -0.304. The fraction of sp³-hybridized carbons (Fsp3) is 0.611. The second-order valence-corrected chi connectivity index (χ2v) is 6.43. The summed E-state index contributed by atoms with van der Waals surface area (Å²) in [6.45, 7) is 8.46. The summed E-state index contributed by atoms with van der Waals surface area (Å²) < 4.78 is 5.13. The zero-order valence-electron chi connectivity index (χ0n) is 14.9. The Morgan fingerprint density at radius 3 is 2.38 bits per heavy atom. The van der Waals surface area contributed by atoms with Crippen LogP contribution in [0.3, 0.4) is 0 Å². The summed E-state index contributed by atoms with van der Waals surface area (Å²) in [4.78, 5) is 16.8. The first-order chi connectivity index (χ1) is 11.5. The summed E-state index contributed by atoms with van der Waals surface area (Å²) in [5.74, 6) is 0.864. The van der Waals surface area contributed by atoms with E-state index in [0.29, 0.717) is 13.1 Å². The van der Waals surface area contributed by atoms with Crippen LogP contribution >= 0.6 is 0 Å². The summed E-state index contributed by atoms with van der Waals surface area (Å²) >= 11 is 0. The average molecular weight is 335 g/mol. The predicted octanol–water partition coefficient (Wildman–Crippen LogP) is 0.698. The van der Waals surface area contributed by atoms with Crippen LogP contribution in [-0.2, 0) is 11.3 Å². The monoisotopic (exact) mass is 335 g/mol. The lowest BCUT2D eigenvalue weighted by atomic mass is 10.2. The largest absolute Gasteiger partial charge is 0.497 e. The third-order valence-corrected chi connectivity index (χ3v) is 4.48. The second-order valence-electron chi connectivity index (χ2n) is 6.43. The van der Waals surface area contributed by atoms with Gasteiger partial charge in [-0.15, -0.1) is 0 Å². The Morgan fingerprint density at radius 2 is 1.83 bits per heavy atom. The van der Waals surface area contributed by atoms with Gasteiger partial charge in [0.25, 0.3) is 0 Å². The fourth-order valence-corrected chi connectivity index (χ4v) is 2.95. The van der Waals surface area contributed by atoms with Crippen LogP contribution in [-0.4, -0.2) is 72.8 Å². The van der Waals surface area contributed by atoms with E-state index in [0.717, 1.165) is 37.5 Å². The molecule has 0 spiro atoms. The van der Waals surface area contributed by atoms with E-state index in [1.54, 1.807) is 7.11 Å². The maximum Gasteiger partial charge on any atom is 0.237 e. The Morgan fingerprint density at radius 1 is 1.21 bits per heavy atom. The zero-order chi connectivity index (χ0) is 17.5. The highest BCUT2D eigenvalue weighted by Crippen LogP contribution is 2.11.